The monoisotopic (exact) mass is 373 g/mol. The molecule has 0 radical (unpaired) electrons. The van der Waals surface area contributed by atoms with Crippen molar-refractivity contribution in [2.45, 2.75) is 0 Å². The first-order valence-electron chi connectivity index (χ1n) is 8.75. The quantitative estimate of drug-likeness (QED) is 0.494. The highest BCUT2D eigenvalue weighted by molar-refractivity contribution is 6.14. The first kappa shape index (κ1) is 17.7. The molecule has 140 valence electrons. The van der Waals surface area contributed by atoms with E-state index in [-0.39, 0.29) is 11.3 Å². The Kier molecular flexibility index (Phi) is 4.28. The van der Waals surface area contributed by atoms with Crippen LogP contribution in [0.1, 0.15) is 10.4 Å². The molecule has 5 nitrogen and oxygen atoms in total. The molecule has 0 bridgehead atoms. The van der Waals surface area contributed by atoms with E-state index in [1.54, 1.807) is 13.2 Å². The summed E-state index contributed by atoms with van der Waals surface area (Å²) in [4.78, 5) is 12.0. The van der Waals surface area contributed by atoms with Gasteiger partial charge in [-0.1, -0.05) is 48.5 Å². The van der Waals surface area contributed by atoms with Gasteiger partial charge in [0.15, 0.2) is 0 Å². The molecule has 4 rings (SSSR count). The van der Waals surface area contributed by atoms with E-state index in [4.69, 9.17) is 15.2 Å². The topological polar surface area (TPSA) is 81.8 Å². The van der Waals surface area contributed by atoms with E-state index in [0.29, 0.717) is 22.6 Å². The lowest BCUT2D eigenvalue weighted by molar-refractivity contribution is 0.0693. The van der Waals surface area contributed by atoms with E-state index < -0.39 is 5.97 Å². The van der Waals surface area contributed by atoms with Crippen molar-refractivity contribution in [1.82, 2.24) is 0 Å². The number of rotatable bonds is 4. The molecule has 4 aromatic carbocycles. The summed E-state index contributed by atoms with van der Waals surface area (Å²) in [6, 6.07) is 18.9. The average molecular weight is 373 g/mol. The molecule has 0 amide bonds. The zero-order valence-corrected chi connectivity index (χ0v) is 15.5. The Morgan fingerprint density at radius 3 is 1.86 bits per heavy atom. The molecule has 3 N–H and O–H groups in total. The van der Waals surface area contributed by atoms with Crippen LogP contribution in [0.15, 0.2) is 60.7 Å². The summed E-state index contributed by atoms with van der Waals surface area (Å²) < 4.78 is 11.3. The predicted octanol–water partition coefficient (Wildman–Crippen LogP) is 4.96. The molecular weight excluding hydrogens is 354 g/mol. The van der Waals surface area contributed by atoms with Crippen molar-refractivity contribution in [1.29, 1.82) is 0 Å². The third kappa shape index (κ3) is 2.60. The van der Waals surface area contributed by atoms with Crippen LogP contribution in [0.3, 0.4) is 0 Å². The second kappa shape index (κ2) is 6.78. The number of hydrogen-bond donors (Lipinski definition) is 2. The number of aromatic carboxylic acids is 1. The summed E-state index contributed by atoms with van der Waals surface area (Å²) in [6.07, 6.45) is 0. The summed E-state index contributed by atoms with van der Waals surface area (Å²) >= 11 is 0. The predicted molar refractivity (Wildman–Crippen MR) is 111 cm³/mol. The Labute approximate surface area is 161 Å². The molecule has 0 atom stereocenters. The van der Waals surface area contributed by atoms with Gasteiger partial charge in [-0.2, -0.15) is 0 Å². The Bertz CT molecular complexity index is 1230. The number of ether oxygens (including phenoxy) is 2. The van der Waals surface area contributed by atoms with Crippen molar-refractivity contribution in [2.75, 3.05) is 20.0 Å². The number of carbonyl (C=O) groups is 1. The minimum atomic E-state index is -1.06. The second-order valence-corrected chi connectivity index (χ2v) is 6.45. The van der Waals surface area contributed by atoms with E-state index in [1.165, 1.54) is 7.11 Å². The second-order valence-electron chi connectivity index (χ2n) is 6.45. The van der Waals surface area contributed by atoms with Gasteiger partial charge in [0.25, 0.3) is 0 Å². The normalized spacial score (nSPS) is 10.9. The standard InChI is InChI=1S/C23H19NO4/c1-27-21-17(23(25)26)11-13-7-3-5-9-15(13)19(21)20-16-10-6-4-8-14(16)12-18(24)22(20)28-2/h3-12H,24H2,1-2H3,(H,25,26). The highest BCUT2D eigenvalue weighted by atomic mass is 16.5. The Morgan fingerprint density at radius 1 is 0.821 bits per heavy atom. The zero-order valence-electron chi connectivity index (χ0n) is 15.5. The maximum Gasteiger partial charge on any atom is 0.339 e. The lowest BCUT2D eigenvalue weighted by atomic mass is 9.89. The van der Waals surface area contributed by atoms with Gasteiger partial charge in [0.1, 0.15) is 17.1 Å². The fourth-order valence-electron chi connectivity index (χ4n) is 3.77. The number of hydrogen-bond acceptors (Lipinski definition) is 4. The number of carboxylic acid groups (broad SMARTS) is 1. The van der Waals surface area contributed by atoms with Gasteiger partial charge < -0.3 is 20.3 Å². The summed E-state index contributed by atoms with van der Waals surface area (Å²) in [5, 5.41) is 13.3. The van der Waals surface area contributed by atoms with Crippen LogP contribution in [-0.2, 0) is 0 Å². The number of nitrogen functional groups attached to an aromatic ring is 1. The lowest BCUT2D eigenvalue weighted by Crippen LogP contribution is -2.04. The fourth-order valence-corrected chi connectivity index (χ4v) is 3.77. The number of methoxy groups -OCH3 is 2. The summed E-state index contributed by atoms with van der Waals surface area (Å²) in [5.74, 6) is -0.291. The molecule has 0 fully saturated rings. The first-order chi connectivity index (χ1) is 13.6. The van der Waals surface area contributed by atoms with E-state index in [0.717, 1.165) is 21.5 Å². The van der Waals surface area contributed by atoms with E-state index >= 15 is 0 Å². The number of anilines is 1. The summed E-state index contributed by atoms with van der Waals surface area (Å²) in [6.45, 7) is 0. The molecule has 0 aliphatic heterocycles. The van der Waals surface area contributed by atoms with E-state index in [9.17, 15) is 9.90 Å². The van der Waals surface area contributed by atoms with Crippen molar-refractivity contribution in [2.24, 2.45) is 0 Å². The van der Waals surface area contributed by atoms with Gasteiger partial charge in [0.05, 0.1) is 19.9 Å². The van der Waals surface area contributed by atoms with E-state index in [1.807, 2.05) is 54.6 Å². The maximum absolute atomic E-state index is 12.0. The van der Waals surface area contributed by atoms with Crippen LogP contribution in [0, 0.1) is 0 Å². The Morgan fingerprint density at radius 2 is 1.32 bits per heavy atom. The molecule has 4 aromatic rings. The smallest absolute Gasteiger partial charge is 0.339 e. The lowest BCUT2D eigenvalue weighted by Gasteiger charge is -2.20. The van der Waals surface area contributed by atoms with Gasteiger partial charge in [0, 0.05) is 11.1 Å². The molecular formula is C23H19NO4. The fraction of sp³-hybridized carbons (Fsp3) is 0.0870. The number of fused-ring (bicyclic) bond motifs is 2. The average Bonchev–Trinajstić information content (AvgIpc) is 2.71. The van der Waals surface area contributed by atoms with Crippen molar-refractivity contribution in [3.8, 4) is 22.6 Å². The summed E-state index contributed by atoms with van der Waals surface area (Å²) in [7, 11) is 3.03. The molecule has 0 aliphatic rings. The molecule has 0 saturated carbocycles. The third-order valence-corrected chi connectivity index (χ3v) is 4.92. The van der Waals surface area contributed by atoms with Crippen LogP contribution in [0.5, 0.6) is 11.5 Å². The van der Waals surface area contributed by atoms with Gasteiger partial charge in [-0.05, 0) is 33.7 Å². The molecule has 0 unspecified atom stereocenters. The van der Waals surface area contributed by atoms with Crippen LogP contribution in [0.25, 0.3) is 32.7 Å². The molecule has 0 heterocycles. The first-order valence-corrected chi connectivity index (χ1v) is 8.75. The third-order valence-electron chi connectivity index (χ3n) is 4.92. The van der Waals surface area contributed by atoms with Crippen molar-refractivity contribution >= 4 is 33.2 Å². The minimum Gasteiger partial charge on any atom is -0.495 e. The number of benzene rings is 4. The molecule has 0 spiro atoms. The SMILES string of the molecule is COc1c(N)cc2ccccc2c1-c1c(OC)c(C(=O)O)cc2ccccc12. The Hall–Kier alpha value is -3.73. The van der Waals surface area contributed by atoms with Crippen LogP contribution in [0.4, 0.5) is 5.69 Å². The van der Waals surface area contributed by atoms with Crippen LogP contribution in [0.2, 0.25) is 0 Å². The highest BCUT2D eigenvalue weighted by Gasteiger charge is 2.25. The van der Waals surface area contributed by atoms with Gasteiger partial charge >= 0.3 is 5.97 Å². The largest absolute Gasteiger partial charge is 0.495 e. The van der Waals surface area contributed by atoms with Crippen LogP contribution < -0.4 is 15.2 Å². The van der Waals surface area contributed by atoms with Gasteiger partial charge in [0.2, 0.25) is 0 Å². The molecule has 0 aromatic heterocycles. The van der Waals surface area contributed by atoms with Crippen LogP contribution in [-0.4, -0.2) is 25.3 Å². The molecule has 5 heteroatoms. The number of nitrogens with two attached hydrogens (primary N) is 1. The summed E-state index contributed by atoms with van der Waals surface area (Å²) in [5.41, 5.74) is 8.22. The molecule has 0 aliphatic carbocycles. The minimum absolute atomic E-state index is 0.0877. The van der Waals surface area contributed by atoms with Gasteiger partial charge in [-0.15, -0.1) is 0 Å². The molecule has 0 saturated heterocycles. The van der Waals surface area contributed by atoms with Crippen molar-refractivity contribution < 1.29 is 19.4 Å². The van der Waals surface area contributed by atoms with Gasteiger partial charge in [-0.25, -0.2) is 4.79 Å². The van der Waals surface area contributed by atoms with E-state index in [2.05, 4.69) is 0 Å². The molecule has 28 heavy (non-hydrogen) atoms. The highest BCUT2D eigenvalue weighted by Crippen LogP contribution is 2.48. The zero-order chi connectivity index (χ0) is 19.8. The maximum atomic E-state index is 12.0. The van der Waals surface area contributed by atoms with Crippen LogP contribution >= 0.6 is 0 Å². The van der Waals surface area contributed by atoms with Crippen molar-refractivity contribution in [3.63, 3.8) is 0 Å². The van der Waals surface area contributed by atoms with Crippen molar-refractivity contribution in [3.05, 3.63) is 66.2 Å². The number of carboxylic acids is 1. The Balaban J connectivity index is 2.29. The van der Waals surface area contributed by atoms with Gasteiger partial charge in [-0.3, -0.25) is 0 Å².